The van der Waals surface area contributed by atoms with Crippen molar-refractivity contribution in [3.8, 4) is 11.5 Å². The van der Waals surface area contributed by atoms with Gasteiger partial charge in [-0.05, 0) is 37.1 Å². The van der Waals surface area contributed by atoms with Crippen LogP contribution in [0.25, 0.3) is 0 Å². The second-order valence-corrected chi connectivity index (χ2v) is 8.10. The van der Waals surface area contributed by atoms with E-state index < -0.39 is 9.85 Å². The van der Waals surface area contributed by atoms with Crippen molar-refractivity contribution in [2.24, 2.45) is 10.2 Å². The summed E-state index contributed by atoms with van der Waals surface area (Å²) < 4.78 is 12.4. The maximum absolute atomic E-state index is 11.5. The summed E-state index contributed by atoms with van der Waals surface area (Å²) >= 11 is 0. The van der Waals surface area contributed by atoms with Crippen LogP contribution in [0.4, 0.5) is 11.4 Å². The molecule has 0 aliphatic carbocycles. The highest BCUT2D eigenvalue weighted by Gasteiger charge is 2.17. The molecule has 1 heterocycles. The Balaban J connectivity index is 1.74. The van der Waals surface area contributed by atoms with Gasteiger partial charge in [0.25, 0.3) is 0 Å². The molecule has 0 aliphatic heterocycles. The maximum atomic E-state index is 11.5. The largest absolute Gasteiger partial charge is 0.490 e. The molecular weight excluding hydrogens is 480 g/mol. The summed E-state index contributed by atoms with van der Waals surface area (Å²) in [6.45, 7) is 4.51. The zero-order chi connectivity index (χ0) is 26.8. The molecule has 12 heteroatoms. The van der Waals surface area contributed by atoms with E-state index in [1.807, 2.05) is 0 Å². The molecule has 3 rings (SSSR count). The molecule has 0 saturated carbocycles. The number of unbranched alkanes of at least 4 members (excludes halogenated alkanes) is 2. The Bertz CT molecular complexity index is 1320. The van der Waals surface area contributed by atoms with Crippen molar-refractivity contribution in [2.75, 3.05) is 13.7 Å². The van der Waals surface area contributed by atoms with E-state index in [1.165, 1.54) is 25.5 Å². The number of nitrogens with zero attached hydrogens (tertiary/aromatic N) is 6. The molecule has 0 N–H and O–H groups in total. The van der Waals surface area contributed by atoms with Crippen LogP contribution in [-0.4, -0.2) is 45.0 Å². The molecule has 0 amide bonds. The van der Waals surface area contributed by atoms with Gasteiger partial charge in [0.2, 0.25) is 0 Å². The topological polar surface area (TPSA) is 147 Å². The Kier molecular flexibility index (Phi) is 9.41. The van der Waals surface area contributed by atoms with Gasteiger partial charge in [-0.15, -0.1) is 0 Å². The molecule has 3 aromatic rings. The van der Waals surface area contributed by atoms with E-state index in [0.717, 1.165) is 19.3 Å². The van der Waals surface area contributed by atoms with Gasteiger partial charge in [0.05, 0.1) is 35.5 Å². The van der Waals surface area contributed by atoms with E-state index in [1.54, 1.807) is 48.1 Å². The van der Waals surface area contributed by atoms with Gasteiger partial charge in [-0.1, -0.05) is 25.8 Å². The van der Waals surface area contributed by atoms with Crippen molar-refractivity contribution in [3.63, 3.8) is 0 Å². The van der Waals surface area contributed by atoms with E-state index in [2.05, 4.69) is 22.1 Å². The minimum Gasteiger partial charge on any atom is -0.490 e. The van der Waals surface area contributed by atoms with Crippen molar-refractivity contribution >= 4 is 23.3 Å². The van der Waals surface area contributed by atoms with Crippen LogP contribution in [0.1, 0.15) is 50.1 Å². The standard InChI is InChI=1S/C25H28N6O6/c1-4-5-6-13-37-24-10-8-20(15-22(24)31(34)35)18(2)28-27-16-25-26-11-12-29(25)17-19-7-9-23(36-3)21(14-19)30(32)33/h7-12,14-16H,4-6,13,17H2,1-3H3. The van der Waals surface area contributed by atoms with Crippen LogP contribution >= 0.6 is 0 Å². The highest BCUT2D eigenvalue weighted by atomic mass is 16.6. The number of rotatable bonds is 13. The zero-order valence-electron chi connectivity index (χ0n) is 20.9. The normalized spacial score (nSPS) is 11.6. The molecule has 2 aromatic carbocycles. The Morgan fingerprint density at radius 2 is 1.81 bits per heavy atom. The molecule has 0 spiro atoms. The van der Waals surface area contributed by atoms with Gasteiger partial charge in [-0.25, -0.2) is 4.98 Å². The van der Waals surface area contributed by atoms with Crippen LogP contribution in [0.3, 0.4) is 0 Å². The number of hydrogen-bond donors (Lipinski definition) is 0. The average molecular weight is 509 g/mol. The minimum absolute atomic E-state index is 0.123. The summed E-state index contributed by atoms with van der Waals surface area (Å²) in [7, 11) is 1.38. The summed E-state index contributed by atoms with van der Waals surface area (Å²) in [5, 5.41) is 31.1. The molecule has 194 valence electrons. The smallest absolute Gasteiger partial charge is 0.311 e. The summed E-state index contributed by atoms with van der Waals surface area (Å²) in [5.41, 5.74) is 1.45. The third-order valence-corrected chi connectivity index (χ3v) is 5.50. The van der Waals surface area contributed by atoms with Gasteiger partial charge in [0.1, 0.15) is 0 Å². The van der Waals surface area contributed by atoms with Gasteiger partial charge >= 0.3 is 11.4 Å². The van der Waals surface area contributed by atoms with Gasteiger partial charge in [-0.3, -0.25) is 20.2 Å². The summed E-state index contributed by atoms with van der Waals surface area (Å²) in [4.78, 5) is 26.1. The first kappa shape index (κ1) is 27.0. The van der Waals surface area contributed by atoms with Crippen molar-refractivity contribution in [1.29, 1.82) is 0 Å². The van der Waals surface area contributed by atoms with Crippen molar-refractivity contribution in [2.45, 2.75) is 39.7 Å². The van der Waals surface area contributed by atoms with Crippen molar-refractivity contribution in [3.05, 3.63) is 86.0 Å². The number of ether oxygens (including phenoxy) is 2. The lowest BCUT2D eigenvalue weighted by Crippen LogP contribution is -2.05. The van der Waals surface area contributed by atoms with Crippen LogP contribution in [0.2, 0.25) is 0 Å². The van der Waals surface area contributed by atoms with Gasteiger partial charge < -0.3 is 14.0 Å². The first-order chi connectivity index (χ1) is 17.8. The zero-order valence-corrected chi connectivity index (χ0v) is 20.9. The predicted octanol–water partition coefficient (Wildman–Crippen LogP) is 5.17. The lowest BCUT2D eigenvalue weighted by atomic mass is 10.1. The molecule has 12 nitrogen and oxygen atoms in total. The number of nitro benzene ring substituents is 2. The van der Waals surface area contributed by atoms with Crippen LogP contribution in [0.5, 0.6) is 11.5 Å². The first-order valence-electron chi connectivity index (χ1n) is 11.7. The molecule has 0 atom stereocenters. The fraction of sp³-hybridized carbons (Fsp3) is 0.320. The highest BCUT2D eigenvalue weighted by molar-refractivity contribution is 5.99. The Morgan fingerprint density at radius 3 is 2.51 bits per heavy atom. The number of nitro groups is 2. The fourth-order valence-corrected chi connectivity index (χ4v) is 3.52. The number of methoxy groups -OCH3 is 1. The lowest BCUT2D eigenvalue weighted by Gasteiger charge is -2.08. The molecular formula is C25H28N6O6. The van der Waals surface area contributed by atoms with Crippen LogP contribution in [-0.2, 0) is 6.54 Å². The van der Waals surface area contributed by atoms with E-state index in [9.17, 15) is 20.2 Å². The summed E-state index contributed by atoms with van der Waals surface area (Å²) in [6, 6.07) is 9.43. The first-order valence-corrected chi connectivity index (χ1v) is 11.7. The Morgan fingerprint density at radius 1 is 1.08 bits per heavy atom. The highest BCUT2D eigenvalue weighted by Crippen LogP contribution is 2.29. The monoisotopic (exact) mass is 508 g/mol. The van der Waals surface area contributed by atoms with Crippen molar-refractivity contribution in [1.82, 2.24) is 9.55 Å². The van der Waals surface area contributed by atoms with Crippen molar-refractivity contribution < 1.29 is 19.3 Å². The lowest BCUT2D eigenvalue weighted by molar-refractivity contribution is -0.386. The average Bonchev–Trinajstić information content (AvgIpc) is 3.33. The maximum Gasteiger partial charge on any atom is 0.311 e. The van der Waals surface area contributed by atoms with E-state index >= 15 is 0 Å². The number of benzene rings is 2. The van der Waals surface area contributed by atoms with Gasteiger partial charge in [0, 0.05) is 36.6 Å². The van der Waals surface area contributed by atoms with Crippen LogP contribution in [0.15, 0.2) is 59.0 Å². The SMILES string of the molecule is CCCCCOc1ccc(C(C)=NN=Cc2nccn2Cc2ccc(OC)c([N+](=O)[O-])c2)cc1[N+](=O)[O-]. The van der Waals surface area contributed by atoms with Gasteiger partial charge in [-0.2, -0.15) is 10.2 Å². The summed E-state index contributed by atoms with van der Waals surface area (Å²) in [6.07, 6.45) is 7.60. The molecule has 0 bridgehead atoms. The molecule has 1 aromatic heterocycles. The third kappa shape index (κ3) is 7.19. The third-order valence-electron chi connectivity index (χ3n) is 5.50. The molecule has 0 saturated heterocycles. The number of imidazole rings is 1. The second kappa shape index (κ2) is 12.9. The van der Waals surface area contributed by atoms with E-state index in [4.69, 9.17) is 9.47 Å². The Labute approximate surface area is 213 Å². The molecule has 0 fully saturated rings. The predicted molar refractivity (Wildman–Crippen MR) is 139 cm³/mol. The second-order valence-electron chi connectivity index (χ2n) is 8.10. The number of aromatic nitrogens is 2. The van der Waals surface area contributed by atoms with Gasteiger partial charge in [0.15, 0.2) is 17.3 Å². The fourth-order valence-electron chi connectivity index (χ4n) is 3.52. The van der Waals surface area contributed by atoms with E-state index in [0.29, 0.717) is 35.8 Å². The molecule has 37 heavy (non-hydrogen) atoms. The molecule has 0 aliphatic rings. The summed E-state index contributed by atoms with van der Waals surface area (Å²) in [5.74, 6) is 0.890. The molecule has 0 radical (unpaired) electrons. The van der Waals surface area contributed by atoms with Crippen LogP contribution < -0.4 is 9.47 Å². The van der Waals surface area contributed by atoms with Crippen LogP contribution in [0, 0.1) is 20.2 Å². The quantitative estimate of drug-likeness (QED) is 0.134. The van der Waals surface area contributed by atoms with E-state index in [-0.39, 0.29) is 22.9 Å². The minimum atomic E-state index is -0.494. The molecule has 0 unspecified atom stereocenters. The number of hydrogen-bond acceptors (Lipinski definition) is 9. The Hall–Kier alpha value is -4.61.